The molecule has 0 unspecified atom stereocenters. The third-order valence-corrected chi connectivity index (χ3v) is 5.45. The first-order chi connectivity index (χ1) is 15.2. The molecular formula is C25H25N3O3. The molecule has 2 aromatic heterocycles. The summed E-state index contributed by atoms with van der Waals surface area (Å²) in [6.45, 7) is 1.24. The molecule has 4 rings (SSSR count). The van der Waals surface area contributed by atoms with Gasteiger partial charge in [0.05, 0.1) is 12.2 Å². The van der Waals surface area contributed by atoms with Crippen molar-refractivity contribution in [1.29, 1.82) is 0 Å². The van der Waals surface area contributed by atoms with Crippen molar-refractivity contribution in [3.05, 3.63) is 106 Å². The predicted octanol–water partition coefficient (Wildman–Crippen LogP) is 3.54. The van der Waals surface area contributed by atoms with Crippen molar-refractivity contribution >= 4 is 16.8 Å². The van der Waals surface area contributed by atoms with E-state index in [4.69, 9.17) is 4.74 Å². The average Bonchev–Trinajstić information content (AvgIpc) is 3.23. The minimum absolute atomic E-state index is 0.0132. The Bertz CT molecular complexity index is 1230. The normalized spacial score (nSPS) is 12.0. The Kier molecular flexibility index (Phi) is 6.29. The Balaban J connectivity index is 1.59. The lowest BCUT2D eigenvalue weighted by Gasteiger charge is -2.18. The first kappa shape index (κ1) is 20.6. The smallest absolute Gasteiger partial charge is 0.252 e. The number of benzene rings is 2. The standard InChI is InChI=1S/C25H25N3O3/c1-31-14-13-28-17-19(11-12-24(28)29)25(30)27-15-21(18-7-3-2-4-8-18)22-16-26-23-10-6-5-9-20(22)23/h2-12,16-17,21,26H,13-15H2,1H3,(H,27,30)/t21-/m1/s1. The summed E-state index contributed by atoms with van der Waals surface area (Å²) in [6.07, 6.45) is 3.60. The van der Waals surface area contributed by atoms with Crippen molar-refractivity contribution in [1.82, 2.24) is 14.9 Å². The number of para-hydroxylation sites is 1. The lowest BCUT2D eigenvalue weighted by molar-refractivity contribution is 0.0951. The third-order valence-electron chi connectivity index (χ3n) is 5.45. The van der Waals surface area contributed by atoms with E-state index in [1.165, 1.54) is 10.6 Å². The van der Waals surface area contributed by atoms with Gasteiger partial charge >= 0.3 is 0 Å². The van der Waals surface area contributed by atoms with E-state index in [9.17, 15) is 9.59 Å². The van der Waals surface area contributed by atoms with Crippen LogP contribution in [-0.4, -0.2) is 35.7 Å². The highest BCUT2D eigenvalue weighted by atomic mass is 16.5. The number of pyridine rings is 1. The molecule has 2 heterocycles. The van der Waals surface area contributed by atoms with Crippen molar-refractivity contribution in [3.8, 4) is 0 Å². The molecule has 0 saturated carbocycles. The second-order valence-electron chi connectivity index (χ2n) is 7.41. The molecule has 0 aliphatic heterocycles. The summed E-state index contributed by atoms with van der Waals surface area (Å²) >= 11 is 0. The fourth-order valence-electron chi connectivity index (χ4n) is 3.80. The van der Waals surface area contributed by atoms with E-state index in [0.717, 1.165) is 22.0 Å². The zero-order valence-corrected chi connectivity index (χ0v) is 17.4. The molecule has 31 heavy (non-hydrogen) atoms. The fraction of sp³-hybridized carbons (Fsp3) is 0.200. The van der Waals surface area contributed by atoms with Crippen molar-refractivity contribution in [2.24, 2.45) is 0 Å². The van der Waals surface area contributed by atoms with Gasteiger partial charge < -0.3 is 19.6 Å². The fourth-order valence-corrected chi connectivity index (χ4v) is 3.80. The lowest BCUT2D eigenvalue weighted by Crippen LogP contribution is -2.30. The van der Waals surface area contributed by atoms with E-state index < -0.39 is 0 Å². The second-order valence-corrected chi connectivity index (χ2v) is 7.41. The highest BCUT2D eigenvalue weighted by Crippen LogP contribution is 2.30. The first-order valence-corrected chi connectivity index (χ1v) is 10.3. The van der Waals surface area contributed by atoms with Crippen LogP contribution < -0.4 is 10.9 Å². The summed E-state index contributed by atoms with van der Waals surface area (Å²) < 4.78 is 6.54. The molecule has 0 bridgehead atoms. The van der Waals surface area contributed by atoms with Crippen molar-refractivity contribution < 1.29 is 9.53 Å². The van der Waals surface area contributed by atoms with Gasteiger partial charge in [-0.3, -0.25) is 9.59 Å². The maximum Gasteiger partial charge on any atom is 0.252 e. The summed E-state index contributed by atoms with van der Waals surface area (Å²) in [5.74, 6) is -0.229. The maximum absolute atomic E-state index is 12.9. The van der Waals surface area contributed by atoms with Gasteiger partial charge in [0.2, 0.25) is 0 Å². The third kappa shape index (κ3) is 4.59. The van der Waals surface area contributed by atoms with Crippen LogP contribution in [0.1, 0.15) is 27.4 Å². The molecule has 0 aliphatic rings. The number of fused-ring (bicyclic) bond motifs is 1. The Hall–Kier alpha value is -3.64. The number of nitrogens with zero attached hydrogens (tertiary/aromatic N) is 1. The number of hydrogen-bond acceptors (Lipinski definition) is 3. The summed E-state index contributed by atoms with van der Waals surface area (Å²) in [7, 11) is 1.58. The Morgan fingerprint density at radius 1 is 1.06 bits per heavy atom. The molecule has 6 nitrogen and oxygen atoms in total. The summed E-state index contributed by atoms with van der Waals surface area (Å²) in [4.78, 5) is 28.2. The SMILES string of the molecule is COCCn1cc(C(=O)NC[C@H](c2ccccc2)c2c[nH]c3ccccc23)ccc1=O. The molecule has 0 aliphatic carbocycles. The molecule has 2 N–H and O–H groups in total. The van der Waals surface area contributed by atoms with Crippen LogP contribution in [-0.2, 0) is 11.3 Å². The van der Waals surface area contributed by atoms with Gasteiger partial charge in [0.25, 0.3) is 11.5 Å². The van der Waals surface area contributed by atoms with Gasteiger partial charge in [0.1, 0.15) is 0 Å². The van der Waals surface area contributed by atoms with Crippen LogP contribution in [0.25, 0.3) is 10.9 Å². The second kappa shape index (κ2) is 9.45. The van der Waals surface area contributed by atoms with E-state index in [1.54, 1.807) is 19.4 Å². The van der Waals surface area contributed by atoms with Crippen LogP contribution in [0.15, 0.2) is 83.9 Å². The predicted molar refractivity (Wildman–Crippen MR) is 121 cm³/mol. The number of hydrogen-bond donors (Lipinski definition) is 2. The largest absolute Gasteiger partial charge is 0.383 e. The molecule has 0 radical (unpaired) electrons. The molecule has 0 spiro atoms. The molecule has 1 atom stereocenters. The molecule has 6 heteroatoms. The highest BCUT2D eigenvalue weighted by Gasteiger charge is 2.19. The minimum Gasteiger partial charge on any atom is -0.383 e. The number of carbonyl (C=O) groups excluding carboxylic acids is 1. The van der Waals surface area contributed by atoms with Crippen LogP contribution in [0.4, 0.5) is 0 Å². The number of H-pyrrole nitrogens is 1. The van der Waals surface area contributed by atoms with Gasteiger partial charge in [0.15, 0.2) is 0 Å². The highest BCUT2D eigenvalue weighted by molar-refractivity contribution is 5.94. The van der Waals surface area contributed by atoms with Crippen molar-refractivity contribution in [2.45, 2.75) is 12.5 Å². The van der Waals surface area contributed by atoms with E-state index in [2.05, 4.69) is 28.5 Å². The molecule has 4 aromatic rings. The van der Waals surface area contributed by atoms with Gasteiger partial charge in [-0.2, -0.15) is 0 Å². The number of carbonyl (C=O) groups is 1. The van der Waals surface area contributed by atoms with E-state index in [-0.39, 0.29) is 17.4 Å². The topological polar surface area (TPSA) is 76.1 Å². The number of aromatic amines is 1. The average molecular weight is 415 g/mol. The van der Waals surface area contributed by atoms with E-state index in [1.807, 2.05) is 42.6 Å². The van der Waals surface area contributed by atoms with Crippen LogP contribution in [0.2, 0.25) is 0 Å². The van der Waals surface area contributed by atoms with Crippen molar-refractivity contribution in [2.75, 3.05) is 20.3 Å². The number of amides is 1. The number of nitrogens with one attached hydrogen (secondary N) is 2. The first-order valence-electron chi connectivity index (χ1n) is 10.3. The molecule has 2 aromatic carbocycles. The molecule has 1 amide bonds. The van der Waals surface area contributed by atoms with Gasteiger partial charge in [0, 0.05) is 55.5 Å². The van der Waals surface area contributed by atoms with Crippen LogP contribution in [0.3, 0.4) is 0 Å². The van der Waals surface area contributed by atoms with Gasteiger partial charge in [-0.15, -0.1) is 0 Å². The number of aromatic nitrogens is 2. The van der Waals surface area contributed by atoms with Crippen LogP contribution >= 0.6 is 0 Å². The monoisotopic (exact) mass is 415 g/mol. The Labute approximate surface area is 180 Å². The van der Waals surface area contributed by atoms with Gasteiger partial charge in [-0.25, -0.2) is 0 Å². The zero-order chi connectivity index (χ0) is 21.6. The lowest BCUT2D eigenvalue weighted by atomic mass is 9.91. The Morgan fingerprint density at radius 3 is 2.65 bits per heavy atom. The number of ether oxygens (including phenoxy) is 1. The van der Waals surface area contributed by atoms with Gasteiger partial charge in [-0.1, -0.05) is 48.5 Å². The van der Waals surface area contributed by atoms with Crippen LogP contribution in [0.5, 0.6) is 0 Å². The number of methoxy groups -OCH3 is 1. The van der Waals surface area contributed by atoms with Crippen molar-refractivity contribution in [3.63, 3.8) is 0 Å². The maximum atomic E-state index is 12.9. The Morgan fingerprint density at radius 2 is 1.84 bits per heavy atom. The summed E-state index contributed by atoms with van der Waals surface area (Å²) in [5, 5.41) is 4.19. The summed E-state index contributed by atoms with van der Waals surface area (Å²) in [6, 6.07) is 21.3. The summed E-state index contributed by atoms with van der Waals surface area (Å²) in [5.41, 5.74) is 3.61. The molecule has 0 fully saturated rings. The molecule has 0 saturated heterocycles. The minimum atomic E-state index is -0.216. The molecular weight excluding hydrogens is 390 g/mol. The zero-order valence-electron chi connectivity index (χ0n) is 17.4. The quantitative estimate of drug-likeness (QED) is 0.462. The van der Waals surface area contributed by atoms with E-state index >= 15 is 0 Å². The van der Waals surface area contributed by atoms with Crippen LogP contribution in [0, 0.1) is 0 Å². The van der Waals surface area contributed by atoms with E-state index in [0.29, 0.717) is 25.3 Å². The number of rotatable bonds is 8. The van der Waals surface area contributed by atoms with Gasteiger partial charge in [-0.05, 0) is 23.3 Å². The molecule has 158 valence electrons.